The summed E-state index contributed by atoms with van der Waals surface area (Å²) in [6.07, 6.45) is 2.15. The molecule has 0 aromatic heterocycles. The van der Waals surface area contributed by atoms with Crippen molar-refractivity contribution >= 4 is 45.4 Å². The topological polar surface area (TPSA) is 69.6 Å². The number of carbonyl (C=O) groups is 2. The minimum absolute atomic E-state index is 0.0155. The van der Waals surface area contributed by atoms with Crippen LogP contribution in [0.15, 0.2) is 28.7 Å². The first-order valence-electron chi connectivity index (χ1n) is 6.75. The number of carboxylic acid groups (broad SMARTS) is 1. The summed E-state index contributed by atoms with van der Waals surface area (Å²) in [5, 5.41) is 12.1. The van der Waals surface area contributed by atoms with E-state index in [0.717, 1.165) is 17.3 Å². The lowest BCUT2D eigenvalue weighted by Crippen LogP contribution is -2.48. The van der Waals surface area contributed by atoms with Crippen LogP contribution in [0.2, 0.25) is 0 Å². The smallest absolute Gasteiger partial charge is 0.327 e. The number of thioether (sulfide) groups is 1. The second kappa shape index (κ2) is 5.88. The lowest BCUT2D eigenvalue weighted by Gasteiger charge is -2.27. The maximum absolute atomic E-state index is 12.5. The predicted molar refractivity (Wildman–Crippen MR) is 85.4 cm³/mol. The molecule has 2 atom stereocenters. The minimum atomic E-state index is -0.935. The molecule has 1 aromatic rings. The maximum Gasteiger partial charge on any atom is 0.327 e. The van der Waals surface area contributed by atoms with Gasteiger partial charge < -0.3 is 10.4 Å². The lowest BCUT2D eigenvalue weighted by atomic mass is 10.2. The minimum Gasteiger partial charge on any atom is -0.480 e. The Hall–Kier alpha value is -1.21. The van der Waals surface area contributed by atoms with Crippen LogP contribution in [0.1, 0.15) is 12.8 Å². The normalized spacial score (nSPS) is 24.9. The van der Waals surface area contributed by atoms with Gasteiger partial charge in [-0.1, -0.05) is 22.0 Å². The van der Waals surface area contributed by atoms with E-state index in [1.807, 2.05) is 12.1 Å². The third kappa shape index (κ3) is 3.18. The molecule has 1 saturated heterocycles. The van der Waals surface area contributed by atoms with Gasteiger partial charge in [0.2, 0.25) is 0 Å². The number of nitrogens with one attached hydrogen (secondary N) is 1. The zero-order chi connectivity index (χ0) is 15.0. The molecule has 3 rings (SSSR count). The van der Waals surface area contributed by atoms with E-state index in [0.29, 0.717) is 17.4 Å². The van der Waals surface area contributed by atoms with Crippen LogP contribution in [0, 0.1) is 5.92 Å². The second-order valence-corrected chi connectivity index (χ2v) is 7.33. The molecule has 2 aliphatic rings. The Kier molecular flexibility index (Phi) is 4.12. The molecule has 0 bridgehead atoms. The molecule has 2 fully saturated rings. The van der Waals surface area contributed by atoms with Crippen LogP contribution in [-0.4, -0.2) is 39.2 Å². The highest BCUT2D eigenvalue weighted by Gasteiger charge is 2.48. The molecular weight excluding hydrogens is 356 g/mol. The lowest BCUT2D eigenvalue weighted by molar-refractivity contribution is -0.141. The van der Waals surface area contributed by atoms with Gasteiger partial charge in [0.1, 0.15) is 6.04 Å². The van der Waals surface area contributed by atoms with Gasteiger partial charge in [0, 0.05) is 15.9 Å². The summed E-state index contributed by atoms with van der Waals surface area (Å²) in [6.45, 7) is 0. The number of carboxylic acids is 1. The molecule has 1 aliphatic carbocycles. The van der Waals surface area contributed by atoms with Gasteiger partial charge in [-0.05, 0) is 37.0 Å². The maximum atomic E-state index is 12.5. The first-order chi connectivity index (χ1) is 10.1. The van der Waals surface area contributed by atoms with Crippen LogP contribution < -0.4 is 5.32 Å². The molecule has 1 aliphatic heterocycles. The quantitative estimate of drug-likeness (QED) is 0.856. The van der Waals surface area contributed by atoms with Crippen molar-refractivity contribution in [1.29, 1.82) is 0 Å². The summed E-state index contributed by atoms with van der Waals surface area (Å²) in [6, 6.07) is 6.20. The van der Waals surface area contributed by atoms with Gasteiger partial charge >= 0.3 is 12.0 Å². The number of anilines is 1. The van der Waals surface area contributed by atoms with E-state index < -0.39 is 12.0 Å². The van der Waals surface area contributed by atoms with Crippen LogP contribution in [0.4, 0.5) is 10.5 Å². The summed E-state index contributed by atoms with van der Waals surface area (Å²) in [7, 11) is 0. The SMILES string of the molecule is O=C(O)C1CSC(C2CC2)N1C(=O)Nc1cccc(Br)c1. The van der Waals surface area contributed by atoms with Crippen LogP contribution in [0.5, 0.6) is 0 Å². The first-order valence-corrected chi connectivity index (χ1v) is 8.60. The van der Waals surface area contributed by atoms with E-state index in [4.69, 9.17) is 0 Å². The Morgan fingerprint density at radius 1 is 1.38 bits per heavy atom. The highest BCUT2D eigenvalue weighted by Crippen LogP contribution is 2.45. The fraction of sp³-hybridized carbons (Fsp3) is 0.429. The Bertz CT molecular complexity index is 579. The number of hydrogen-bond acceptors (Lipinski definition) is 3. The van der Waals surface area contributed by atoms with Gasteiger partial charge in [0.25, 0.3) is 0 Å². The average Bonchev–Trinajstić information content (AvgIpc) is 3.16. The van der Waals surface area contributed by atoms with Crippen molar-refractivity contribution in [1.82, 2.24) is 4.90 Å². The molecule has 0 spiro atoms. The number of rotatable bonds is 3. The van der Waals surface area contributed by atoms with Crippen molar-refractivity contribution < 1.29 is 14.7 Å². The van der Waals surface area contributed by atoms with Crippen molar-refractivity contribution in [2.45, 2.75) is 24.3 Å². The van der Waals surface area contributed by atoms with Crippen LogP contribution in [-0.2, 0) is 4.79 Å². The van der Waals surface area contributed by atoms with Gasteiger partial charge in [0.05, 0.1) is 5.37 Å². The predicted octanol–water partition coefficient (Wildman–Crippen LogP) is 3.22. The third-order valence-electron chi connectivity index (χ3n) is 3.66. The number of aliphatic carboxylic acids is 1. The molecule has 2 N–H and O–H groups in total. The number of halogens is 1. The average molecular weight is 371 g/mol. The monoisotopic (exact) mass is 370 g/mol. The number of urea groups is 1. The molecular formula is C14H15BrN2O3S. The highest BCUT2D eigenvalue weighted by molar-refractivity contribution is 9.10. The van der Waals surface area contributed by atoms with E-state index in [9.17, 15) is 14.7 Å². The van der Waals surface area contributed by atoms with Crippen LogP contribution in [0.3, 0.4) is 0 Å². The standard InChI is InChI=1S/C14H15BrN2O3S/c15-9-2-1-3-10(6-9)16-14(20)17-11(13(18)19)7-21-12(17)8-4-5-8/h1-3,6,8,11-12H,4-5,7H2,(H,16,20)(H,18,19). The largest absolute Gasteiger partial charge is 0.480 e. The van der Waals surface area contributed by atoms with Crippen molar-refractivity contribution in [2.24, 2.45) is 5.92 Å². The molecule has 5 nitrogen and oxygen atoms in total. The molecule has 112 valence electrons. The zero-order valence-electron chi connectivity index (χ0n) is 11.2. The van der Waals surface area contributed by atoms with Gasteiger partial charge in [-0.15, -0.1) is 11.8 Å². The van der Waals surface area contributed by atoms with Crippen molar-refractivity contribution in [3.05, 3.63) is 28.7 Å². The van der Waals surface area contributed by atoms with Gasteiger partial charge in [-0.25, -0.2) is 9.59 Å². The number of benzene rings is 1. The Balaban J connectivity index is 1.77. The zero-order valence-corrected chi connectivity index (χ0v) is 13.6. The second-order valence-electron chi connectivity index (χ2n) is 5.26. The molecule has 1 heterocycles. The van der Waals surface area contributed by atoms with E-state index in [-0.39, 0.29) is 11.4 Å². The molecule has 7 heteroatoms. The van der Waals surface area contributed by atoms with Gasteiger partial charge in [-0.2, -0.15) is 0 Å². The third-order valence-corrected chi connectivity index (χ3v) is 5.61. The molecule has 2 amide bonds. The number of amides is 2. The molecule has 0 radical (unpaired) electrons. The number of nitrogens with zero attached hydrogens (tertiary/aromatic N) is 1. The molecule has 2 unspecified atom stereocenters. The van der Waals surface area contributed by atoms with Crippen LogP contribution in [0.25, 0.3) is 0 Å². The van der Waals surface area contributed by atoms with E-state index in [1.54, 1.807) is 23.9 Å². The Morgan fingerprint density at radius 2 is 2.14 bits per heavy atom. The van der Waals surface area contributed by atoms with Crippen molar-refractivity contribution in [3.8, 4) is 0 Å². The molecule has 1 aromatic carbocycles. The summed E-state index contributed by atoms with van der Waals surface area (Å²) >= 11 is 4.93. The highest BCUT2D eigenvalue weighted by atomic mass is 79.9. The molecule has 1 saturated carbocycles. The summed E-state index contributed by atoms with van der Waals surface area (Å²) in [4.78, 5) is 25.4. The van der Waals surface area contributed by atoms with E-state index in [2.05, 4.69) is 21.2 Å². The van der Waals surface area contributed by atoms with E-state index in [1.165, 1.54) is 4.90 Å². The van der Waals surface area contributed by atoms with Gasteiger partial charge in [-0.3, -0.25) is 4.90 Å². The Morgan fingerprint density at radius 3 is 2.76 bits per heavy atom. The van der Waals surface area contributed by atoms with Crippen molar-refractivity contribution in [2.75, 3.05) is 11.1 Å². The fourth-order valence-electron chi connectivity index (χ4n) is 2.47. The van der Waals surface area contributed by atoms with Crippen LogP contribution >= 0.6 is 27.7 Å². The number of carbonyl (C=O) groups excluding carboxylic acids is 1. The van der Waals surface area contributed by atoms with E-state index >= 15 is 0 Å². The first kappa shape index (κ1) is 14.7. The summed E-state index contributed by atoms with van der Waals surface area (Å²) in [5.74, 6) is -0.0368. The fourth-order valence-corrected chi connectivity index (χ4v) is 4.50. The summed E-state index contributed by atoms with van der Waals surface area (Å²) in [5.41, 5.74) is 0.657. The Labute approximate surface area is 135 Å². The summed E-state index contributed by atoms with van der Waals surface area (Å²) < 4.78 is 0.865. The van der Waals surface area contributed by atoms with Gasteiger partial charge in [0.15, 0.2) is 0 Å². The number of hydrogen-bond donors (Lipinski definition) is 2. The molecule has 21 heavy (non-hydrogen) atoms. The van der Waals surface area contributed by atoms with Crippen molar-refractivity contribution in [3.63, 3.8) is 0 Å².